The summed E-state index contributed by atoms with van der Waals surface area (Å²) in [5.41, 5.74) is 4.05. The molecule has 0 aliphatic rings. The van der Waals surface area contributed by atoms with Crippen LogP contribution in [0, 0.1) is 10.1 Å². The molecular weight excluding hydrogens is 396 g/mol. The summed E-state index contributed by atoms with van der Waals surface area (Å²) >= 11 is 0. The van der Waals surface area contributed by atoms with Crippen LogP contribution in [0.25, 0.3) is 0 Å². The average molecular weight is 416 g/mol. The van der Waals surface area contributed by atoms with E-state index in [1.807, 2.05) is 6.92 Å². The number of carbonyl (C=O) groups excluding carboxylic acids is 3. The predicted molar refractivity (Wildman–Crippen MR) is 105 cm³/mol. The van der Waals surface area contributed by atoms with E-state index >= 15 is 0 Å². The average Bonchev–Trinajstić information content (AvgIpc) is 2.75. The smallest absolute Gasteiger partial charge is 0.276 e. The van der Waals surface area contributed by atoms with E-state index in [2.05, 4.69) is 16.2 Å². The molecule has 2 aromatic rings. The van der Waals surface area contributed by atoms with Gasteiger partial charge in [-0.1, -0.05) is 18.2 Å². The maximum Gasteiger partial charge on any atom is 0.276 e. The number of hydrazine groups is 1. The molecule has 0 radical (unpaired) electrons. The van der Waals surface area contributed by atoms with Gasteiger partial charge in [0.2, 0.25) is 0 Å². The molecular formula is C19H20N4O7. The summed E-state index contributed by atoms with van der Waals surface area (Å²) in [6, 6.07) is 11.9. The van der Waals surface area contributed by atoms with Crippen LogP contribution >= 0.6 is 0 Å². The number of non-ortho nitro benzene ring substituents is 1. The van der Waals surface area contributed by atoms with Gasteiger partial charge < -0.3 is 14.8 Å². The minimum Gasteiger partial charge on any atom is -0.490 e. The molecule has 0 unspecified atom stereocenters. The van der Waals surface area contributed by atoms with Crippen LogP contribution in [-0.4, -0.2) is 42.4 Å². The summed E-state index contributed by atoms with van der Waals surface area (Å²) in [5, 5.41) is 13.0. The van der Waals surface area contributed by atoms with E-state index in [0.717, 1.165) is 6.07 Å². The van der Waals surface area contributed by atoms with Crippen molar-refractivity contribution in [3.05, 3.63) is 64.2 Å². The van der Waals surface area contributed by atoms with Gasteiger partial charge in [0, 0.05) is 17.7 Å². The summed E-state index contributed by atoms with van der Waals surface area (Å²) < 4.78 is 10.7. The number of para-hydroxylation sites is 2. The van der Waals surface area contributed by atoms with Crippen LogP contribution in [0.5, 0.6) is 11.5 Å². The minimum absolute atomic E-state index is 0.0300. The molecule has 11 nitrogen and oxygen atoms in total. The number of nitro groups is 1. The van der Waals surface area contributed by atoms with Crippen LogP contribution in [0.4, 0.5) is 5.69 Å². The van der Waals surface area contributed by atoms with Gasteiger partial charge in [-0.3, -0.25) is 35.3 Å². The SMILES string of the molecule is CCOc1ccccc1OCC(=O)NNC(=O)CNC(=O)c1cccc([N+](=O)[O-])c1. The molecule has 2 aromatic carbocycles. The molecule has 158 valence electrons. The monoisotopic (exact) mass is 416 g/mol. The Balaban J connectivity index is 1.74. The maximum atomic E-state index is 12.0. The number of rotatable bonds is 9. The fraction of sp³-hybridized carbons (Fsp3) is 0.211. The Morgan fingerprint density at radius 2 is 1.63 bits per heavy atom. The van der Waals surface area contributed by atoms with Crippen LogP contribution < -0.4 is 25.6 Å². The van der Waals surface area contributed by atoms with Crippen molar-refractivity contribution in [2.45, 2.75) is 6.92 Å². The van der Waals surface area contributed by atoms with Crippen molar-refractivity contribution in [1.29, 1.82) is 0 Å². The molecule has 3 amide bonds. The van der Waals surface area contributed by atoms with Crippen molar-refractivity contribution in [3.63, 3.8) is 0 Å². The van der Waals surface area contributed by atoms with Crippen LogP contribution in [0.2, 0.25) is 0 Å². The zero-order chi connectivity index (χ0) is 21.9. The summed E-state index contributed by atoms with van der Waals surface area (Å²) in [6.45, 7) is 1.43. The van der Waals surface area contributed by atoms with Gasteiger partial charge in [-0.15, -0.1) is 0 Å². The molecule has 0 saturated heterocycles. The second kappa shape index (κ2) is 11.0. The molecule has 0 spiro atoms. The van der Waals surface area contributed by atoms with Crippen molar-refractivity contribution >= 4 is 23.4 Å². The molecule has 0 aliphatic heterocycles. The number of hydrogen-bond acceptors (Lipinski definition) is 7. The highest BCUT2D eigenvalue weighted by Crippen LogP contribution is 2.26. The zero-order valence-corrected chi connectivity index (χ0v) is 16.0. The molecule has 0 saturated carbocycles. The van der Waals surface area contributed by atoms with E-state index in [9.17, 15) is 24.5 Å². The third kappa shape index (κ3) is 6.78. The lowest BCUT2D eigenvalue weighted by atomic mass is 10.2. The van der Waals surface area contributed by atoms with Gasteiger partial charge in [0.1, 0.15) is 0 Å². The maximum absolute atomic E-state index is 12.0. The first-order chi connectivity index (χ1) is 14.4. The Morgan fingerprint density at radius 3 is 2.30 bits per heavy atom. The first-order valence-corrected chi connectivity index (χ1v) is 8.85. The Hall–Kier alpha value is -4.15. The first kappa shape index (κ1) is 22.1. The van der Waals surface area contributed by atoms with E-state index < -0.39 is 29.2 Å². The number of nitrogens with zero attached hydrogens (tertiary/aromatic N) is 1. The summed E-state index contributed by atoms with van der Waals surface area (Å²) in [4.78, 5) is 45.7. The number of nitro benzene ring substituents is 1. The van der Waals surface area contributed by atoms with Crippen molar-refractivity contribution in [2.75, 3.05) is 19.8 Å². The van der Waals surface area contributed by atoms with Crippen molar-refractivity contribution < 1.29 is 28.8 Å². The zero-order valence-electron chi connectivity index (χ0n) is 16.0. The Morgan fingerprint density at radius 1 is 0.967 bits per heavy atom. The third-order valence-corrected chi connectivity index (χ3v) is 3.58. The highest BCUT2D eigenvalue weighted by atomic mass is 16.6. The van der Waals surface area contributed by atoms with E-state index in [4.69, 9.17) is 9.47 Å². The van der Waals surface area contributed by atoms with Crippen molar-refractivity contribution in [1.82, 2.24) is 16.2 Å². The second-order valence-corrected chi connectivity index (χ2v) is 5.75. The van der Waals surface area contributed by atoms with Crippen molar-refractivity contribution in [2.24, 2.45) is 0 Å². The fourth-order valence-electron chi connectivity index (χ4n) is 2.23. The lowest BCUT2D eigenvalue weighted by Gasteiger charge is -2.12. The minimum atomic E-state index is -0.697. The summed E-state index contributed by atoms with van der Waals surface area (Å²) in [7, 11) is 0. The quantitative estimate of drug-likeness (QED) is 0.407. The fourth-order valence-corrected chi connectivity index (χ4v) is 2.23. The Labute approximate surface area is 171 Å². The number of hydrogen-bond donors (Lipinski definition) is 3. The molecule has 0 bridgehead atoms. The summed E-state index contributed by atoms with van der Waals surface area (Å²) in [5.74, 6) is -1.13. The van der Waals surface area contributed by atoms with E-state index in [1.54, 1.807) is 24.3 Å². The number of nitrogens with one attached hydrogen (secondary N) is 3. The van der Waals surface area contributed by atoms with Gasteiger partial charge in [0.25, 0.3) is 23.4 Å². The van der Waals surface area contributed by atoms with Gasteiger partial charge >= 0.3 is 0 Å². The molecule has 0 atom stereocenters. The molecule has 11 heteroatoms. The topological polar surface area (TPSA) is 149 Å². The molecule has 3 N–H and O–H groups in total. The Kier molecular flexibility index (Phi) is 8.12. The number of benzene rings is 2. The van der Waals surface area contributed by atoms with E-state index in [1.165, 1.54) is 18.2 Å². The van der Waals surface area contributed by atoms with E-state index in [-0.39, 0.29) is 17.9 Å². The van der Waals surface area contributed by atoms with Gasteiger partial charge in [-0.05, 0) is 25.1 Å². The largest absolute Gasteiger partial charge is 0.490 e. The molecule has 2 rings (SSSR count). The molecule has 0 aromatic heterocycles. The van der Waals surface area contributed by atoms with E-state index in [0.29, 0.717) is 18.1 Å². The van der Waals surface area contributed by atoms with Crippen LogP contribution in [0.15, 0.2) is 48.5 Å². The van der Waals surface area contributed by atoms with Crippen molar-refractivity contribution in [3.8, 4) is 11.5 Å². The lowest BCUT2D eigenvalue weighted by Crippen LogP contribution is -2.47. The molecule has 30 heavy (non-hydrogen) atoms. The second-order valence-electron chi connectivity index (χ2n) is 5.75. The highest BCUT2D eigenvalue weighted by Gasteiger charge is 2.13. The third-order valence-electron chi connectivity index (χ3n) is 3.58. The van der Waals surface area contributed by atoms with Crippen LogP contribution in [0.3, 0.4) is 0 Å². The van der Waals surface area contributed by atoms with Gasteiger partial charge in [-0.2, -0.15) is 0 Å². The number of carbonyl (C=O) groups is 3. The van der Waals surface area contributed by atoms with Gasteiger partial charge in [0.15, 0.2) is 18.1 Å². The lowest BCUT2D eigenvalue weighted by molar-refractivity contribution is -0.384. The van der Waals surface area contributed by atoms with Crippen LogP contribution in [-0.2, 0) is 9.59 Å². The standard InChI is InChI=1S/C19H20N4O7/c1-2-29-15-8-3-4-9-16(15)30-12-18(25)22-21-17(24)11-20-19(26)13-6-5-7-14(10-13)23(27)28/h3-10H,2,11-12H2,1H3,(H,20,26)(H,21,24)(H,22,25). The molecule has 0 aliphatic carbocycles. The molecule has 0 heterocycles. The summed E-state index contributed by atoms with van der Waals surface area (Å²) in [6.07, 6.45) is 0. The number of amides is 3. The normalized spacial score (nSPS) is 9.90. The molecule has 0 fully saturated rings. The van der Waals surface area contributed by atoms with Gasteiger partial charge in [-0.25, -0.2) is 0 Å². The Bertz CT molecular complexity index is 933. The highest BCUT2D eigenvalue weighted by molar-refractivity contribution is 5.97. The van der Waals surface area contributed by atoms with Gasteiger partial charge in [0.05, 0.1) is 18.1 Å². The van der Waals surface area contributed by atoms with Crippen LogP contribution in [0.1, 0.15) is 17.3 Å². The first-order valence-electron chi connectivity index (χ1n) is 8.85. The number of ether oxygens (including phenoxy) is 2. The predicted octanol–water partition coefficient (Wildman–Crippen LogP) is 0.950.